The molecule has 1 heterocycles. The molecule has 4 aromatic rings. The minimum absolute atomic E-state index is 0.369. The number of halogens is 1. The molecule has 0 saturated heterocycles. The van der Waals surface area contributed by atoms with Crippen molar-refractivity contribution in [1.29, 1.82) is 0 Å². The molecule has 4 heteroatoms. The third kappa shape index (κ3) is 3.37. The van der Waals surface area contributed by atoms with E-state index < -0.39 is 0 Å². The van der Waals surface area contributed by atoms with E-state index in [1.165, 1.54) is 16.8 Å². The average Bonchev–Trinajstić information content (AvgIpc) is 3.14. The third-order valence-electron chi connectivity index (χ3n) is 5.55. The first-order chi connectivity index (χ1) is 14.4. The summed E-state index contributed by atoms with van der Waals surface area (Å²) in [5, 5.41) is 0.541. The zero-order valence-electron chi connectivity index (χ0n) is 18.1. The van der Waals surface area contributed by atoms with Crippen LogP contribution in [0.25, 0.3) is 28.1 Å². The van der Waals surface area contributed by atoms with Crippen molar-refractivity contribution in [1.82, 2.24) is 9.55 Å². The maximum absolute atomic E-state index is 6.71. The smallest absolute Gasteiger partial charge is 0.145 e. The first-order valence-corrected chi connectivity index (χ1v) is 10.7. The predicted octanol–water partition coefficient (Wildman–Crippen LogP) is 7.60. The molecule has 3 aromatic carbocycles. The summed E-state index contributed by atoms with van der Waals surface area (Å²) in [5.74, 6) is 2.26. The zero-order chi connectivity index (χ0) is 21.4. The number of hydrogen-bond acceptors (Lipinski definition) is 2. The van der Waals surface area contributed by atoms with E-state index in [-0.39, 0.29) is 0 Å². The van der Waals surface area contributed by atoms with Gasteiger partial charge in [0, 0.05) is 5.56 Å². The molecule has 0 amide bonds. The second kappa shape index (κ2) is 8.16. The van der Waals surface area contributed by atoms with Crippen LogP contribution in [-0.2, 0) is 0 Å². The fraction of sp³-hybridized carbons (Fsp3) is 0.269. The van der Waals surface area contributed by atoms with Crippen molar-refractivity contribution in [2.75, 3.05) is 7.11 Å². The zero-order valence-corrected chi connectivity index (χ0v) is 18.9. The van der Waals surface area contributed by atoms with Crippen molar-refractivity contribution in [3.8, 4) is 22.8 Å². The highest BCUT2D eigenvalue weighted by Crippen LogP contribution is 2.40. The third-order valence-corrected chi connectivity index (χ3v) is 5.91. The number of rotatable bonds is 5. The van der Waals surface area contributed by atoms with Gasteiger partial charge in [0.05, 0.1) is 18.3 Å². The number of ether oxygens (including phenoxy) is 1. The molecule has 0 bridgehead atoms. The summed E-state index contributed by atoms with van der Waals surface area (Å²) in [6.45, 7) is 8.95. The van der Waals surface area contributed by atoms with Gasteiger partial charge in [-0.15, -0.1) is 0 Å². The number of imidazole rings is 1. The van der Waals surface area contributed by atoms with Gasteiger partial charge in [-0.1, -0.05) is 87.8 Å². The molecule has 1 aromatic heterocycles. The molecule has 0 aliphatic rings. The molecule has 0 fully saturated rings. The van der Waals surface area contributed by atoms with Crippen molar-refractivity contribution in [2.24, 2.45) is 0 Å². The molecule has 0 saturated carbocycles. The number of hydrogen-bond donors (Lipinski definition) is 0. The lowest BCUT2D eigenvalue weighted by Gasteiger charge is -2.22. The second-order valence-corrected chi connectivity index (χ2v) is 8.56. The Bertz CT molecular complexity index is 1170. The fourth-order valence-corrected chi connectivity index (χ4v) is 4.31. The highest BCUT2D eigenvalue weighted by molar-refractivity contribution is 6.36. The van der Waals surface area contributed by atoms with Gasteiger partial charge in [-0.2, -0.15) is 0 Å². The lowest BCUT2D eigenvalue weighted by Crippen LogP contribution is -2.08. The standard InChI is InChI=1S/C26H27ClN2O/c1-16(2)19-12-9-13-20(17(3)4)25(19)29-21-14-15-22(30-5)23(27)24(21)28-26(29)18-10-7-6-8-11-18/h6-17H,1-5H3. The first kappa shape index (κ1) is 20.5. The second-order valence-electron chi connectivity index (χ2n) is 8.18. The van der Waals surface area contributed by atoms with Crippen LogP contribution >= 0.6 is 11.6 Å². The number of fused-ring (bicyclic) bond motifs is 1. The van der Waals surface area contributed by atoms with E-state index in [9.17, 15) is 0 Å². The van der Waals surface area contributed by atoms with Crippen LogP contribution in [-0.4, -0.2) is 16.7 Å². The molecule has 0 aliphatic heterocycles. The van der Waals surface area contributed by atoms with Gasteiger partial charge in [-0.05, 0) is 35.1 Å². The summed E-state index contributed by atoms with van der Waals surface area (Å²) >= 11 is 6.71. The van der Waals surface area contributed by atoms with E-state index >= 15 is 0 Å². The van der Waals surface area contributed by atoms with Crippen LogP contribution in [0.3, 0.4) is 0 Å². The Kier molecular flexibility index (Phi) is 5.57. The van der Waals surface area contributed by atoms with Crippen LogP contribution in [0.5, 0.6) is 5.75 Å². The Balaban J connectivity index is 2.18. The van der Waals surface area contributed by atoms with Gasteiger partial charge < -0.3 is 4.74 Å². The van der Waals surface area contributed by atoms with Gasteiger partial charge in [0.25, 0.3) is 0 Å². The van der Waals surface area contributed by atoms with Crippen LogP contribution in [0.15, 0.2) is 60.7 Å². The van der Waals surface area contributed by atoms with E-state index in [0.29, 0.717) is 22.6 Å². The molecule has 0 spiro atoms. The Morgan fingerprint density at radius 3 is 2.03 bits per heavy atom. The predicted molar refractivity (Wildman–Crippen MR) is 126 cm³/mol. The lowest BCUT2D eigenvalue weighted by molar-refractivity contribution is 0.415. The van der Waals surface area contributed by atoms with E-state index in [2.05, 4.69) is 68.7 Å². The highest BCUT2D eigenvalue weighted by atomic mass is 35.5. The maximum Gasteiger partial charge on any atom is 0.145 e. The van der Waals surface area contributed by atoms with E-state index in [1.807, 2.05) is 24.3 Å². The molecule has 0 aliphatic carbocycles. The molecule has 30 heavy (non-hydrogen) atoms. The van der Waals surface area contributed by atoms with Crippen LogP contribution in [0.1, 0.15) is 50.7 Å². The van der Waals surface area contributed by atoms with Crippen LogP contribution in [0.2, 0.25) is 5.02 Å². The molecule has 4 rings (SSSR count). The molecule has 154 valence electrons. The van der Waals surface area contributed by atoms with Gasteiger partial charge in [0.2, 0.25) is 0 Å². The van der Waals surface area contributed by atoms with Crippen LogP contribution in [0, 0.1) is 0 Å². The van der Waals surface area contributed by atoms with E-state index in [4.69, 9.17) is 21.3 Å². The first-order valence-electron chi connectivity index (χ1n) is 10.4. The highest BCUT2D eigenvalue weighted by Gasteiger charge is 2.23. The SMILES string of the molecule is COc1ccc2c(nc(-c3ccccc3)n2-c2c(C(C)C)cccc2C(C)C)c1Cl. The van der Waals surface area contributed by atoms with Gasteiger partial charge in [-0.25, -0.2) is 4.98 Å². The Labute approximate surface area is 183 Å². The largest absolute Gasteiger partial charge is 0.495 e. The Morgan fingerprint density at radius 1 is 0.833 bits per heavy atom. The Hall–Kier alpha value is -2.78. The summed E-state index contributed by atoms with van der Waals surface area (Å²) in [6, 6.07) is 20.9. The average molecular weight is 419 g/mol. The minimum Gasteiger partial charge on any atom is -0.495 e. The number of aromatic nitrogens is 2. The van der Waals surface area contributed by atoms with Crippen LogP contribution < -0.4 is 4.74 Å². The van der Waals surface area contributed by atoms with Gasteiger partial charge >= 0.3 is 0 Å². The monoisotopic (exact) mass is 418 g/mol. The van der Waals surface area contributed by atoms with Gasteiger partial charge in [0.1, 0.15) is 22.1 Å². The number of methoxy groups -OCH3 is 1. The summed E-state index contributed by atoms with van der Waals surface area (Å²) in [4.78, 5) is 5.02. The molecule has 0 unspecified atom stereocenters. The van der Waals surface area contributed by atoms with Crippen LogP contribution in [0.4, 0.5) is 0 Å². The summed E-state index contributed by atoms with van der Waals surface area (Å²) < 4.78 is 7.73. The summed E-state index contributed by atoms with van der Waals surface area (Å²) in [7, 11) is 1.63. The summed E-state index contributed by atoms with van der Waals surface area (Å²) in [5.41, 5.74) is 6.58. The summed E-state index contributed by atoms with van der Waals surface area (Å²) in [6.07, 6.45) is 0. The van der Waals surface area contributed by atoms with E-state index in [0.717, 1.165) is 22.4 Å². The van der Waals surface area contributed by atoms with Crippen molar-refractivity contribution >= 4 is 22.6 Å². The Morgan fingerprint density at radius 2 is 1.47 bits per heavy atom. The van der Waals surface area contributed by atoms with Crippen molar-refractivity contribution in [3.63, 3.8) is 0 Å². The molecule has 0 N–H and O–H groups in total. The van der Waals surface area contributed by atoms with Crippen molar-refractivity contribution in [3.05, 3.63) is 76.8 Å². The molecule has 0 radical (unpaired) electrons. The minimum atomic E-state index is 0.369. The number of nitrogens with zero attached hydrogens (tertiary/aromatic N) is 2. The van der Waals surface area contributed by atoms with E-state index in [1.54, 1.807) is 7.11 Å². The number of para-hydroxylation sites is 1. The van der Waals surface area contributed by atoms with Gasteiger partial charge in [-0.3, -0.25) is 4.57 Å². The lowest BCUT2D eigenvalue weighted by atomic mass is 9.92. The molecule has 0 atom stereocenters. The fourth-order valence-electron chi connectivity index (χ4n) is 4.03. The van der Waals surface area contributed by atoms with Crippen molar-refractivity contribution < 1.29 is 4.74 Å². The number of benzene rings is 3. The normalized spacial score (nSPS) is 11.6. The van der Waals surface area contributed by atoms with Gasteiger partial charge in [0.15, 0.2) is 0 Å². The molecular formula is C26H27ClN2O. The maximum atomic E-state index is 6.71. The quantitative estimate of drug-likeness (QED) is 0.333. The van der Waals surface area contributed by atoms with Crippen molar-refractivity contribution in [2.45, 2.75) is 39.5 Å². The topological polar surface area (TPSA) is 27.1 Å². The molecule has 3 nitrogen and oxygen atoms in total. The molecular weight excluding hydrogens is 392 g/mol.